The van der Waals surface area contributed by atoms with Gasteiger partial charge in [-0.25, -0.2) is 4.98 Å². The summed E-state index contributed by atoms with van der Waals surface area (Å²) in [7, 11) is 0. The van der Waals surface area contributed by atoms with E-state index in [1.54, 1.807) is 0 Å². The molecular formula is C17H23N3O. The van der Waals surface area contributed by atoms with Gasteiger partial charge in [0.05, 0.1) is 12.3 Å². The Hall–Kier alpha value is -1.81. The van der Waals surface area contributed by atoms with Crippen LogP contribution in [-0.2, 0) is 6.61 Å². The van der Waals surface area contributed by atoms with E-state index in [9.17, 15) is 5.11 Å². The third-order valence-electron chi connectivity index (χ3n) is 4.23. The zero-order valence-electron chi connectivity index (χ0n) is 13.0. The van der Waals surface area contributed by atoms with E-state index in [1.165, 1.54) is 5.57 Å². The molecule has 0 spiro atoms. The average molecular weight is 285 g/mol. The molecule has 4 heteroatoms. The molecule has 0 saturated carbocycles. The fraction of sp³-hybridized carbons (Fsp3) is 0.471. The second-order valence-corrected chi connectivity index (χ2v) is 6.64. The van der Waals surface area contributed by atoms with Crippen LogP contribution in [0.25, 0.3) is 5.65 Å². The quantitative estimate of drug-likeness (QED) is 0.862. The highest BCUT2D eigenvalue weighted by molar-refractivity contribution is 5.56. The number of rotatable bonds is 2. The molecule has 2 aromatic heterocycles. The van der Waals surface area contributed by atoms with E-state index >= 15 is 0 Å². The van der Waals surface area contributed by atoms with Crippen molar-refractivity contribution in [3.05, 3.63) is 41.7 Å². The normalized spacial score (nSPS) is 16.4. The number of nitrogens with zero attached hydrogens (tertiary/aromatic N) is 3. The maximum absolute atomic E-state index is 9.71. The van der Waals surface area contributed by atoms with Gasteiger partial charge in [-0.3, -0.25) is 4.40 Å². The lowest BCUT2D eigenvalue weighted by atomic mass is 9.83. The first-order valence-electron chi connectivity index (χ1n) is 7.52. The Morgan fingerprint density at radius 1 is 1.29 bits per heavy atom. The van der Waals surface area contributed by atoms with Crippen molar-refractivity contribution in [2.45, 2.75) is 33.8 Å². The molecule has 0 radical (unpaired) electrons. The first-order valence-corrected chi connectivity index (χ1v) is 7.52. The van der Waals surface area contributed by atoms with Crippen molar-refractivity contribution in [3.8, 4) is 0 Å². The van der Waals surface area contributed by atoms with E-state index in [0.717, 1.165) is 36.7 Å². The summed E-state index contributed by atoms with van der Waals surface area (Å²) in [5.74, 6) is 0.910. The third-order valence-corrected chi connectivity index (χ3v) is 4.23. The minimum absolute atomic E-state index is 0.00680. The summed E-state index contributed by atoms with van der Waals surface area (Å²) < 4.78 is 1.97. The zero-order chi connectivity index (χ0) is 15.0. The van der Waals surface area contributed by atoms with Crippen LogP contribution in [0.4, 0.5) is 5.82 Å². The third kappa shape index (κ3) is 2.56. The van der Waals surface area contributed by atoms with Gasteiger partial charge in [0.25, 0.3) is 0 Å². The van der Waals surface area contributed by atoms with Crippen molar-refractivity contribution in [2.75, 3.05) is 18.0 Å². The van der Waals surface area contributed by atoms with Gasteiger partial charge in [0.2, 0.25) is 0 Å². The van der Waals surface area contributed by atoms with Crippen LogP contribution in [0.15, 0.2) is 36.0 Å². The number of imidazole rings is 1. The van der Waals surface area contributed by atoms with Gasteiger partial charge >= 0.3 is 0 Å². The van der Waals surface area contributed by atoms with Gasteiger partial charge in [-0.05, 0) is 24.0 Å². The van der Waals surface area contributed by atoms with Gasteiger partial charge in [0.1, 0.15) is 5.65 Å². The molecule has 3 rings (SSSR count). The molecule has 1 aliphatic rings. The lowest BCUT2D eigenvalue weighted by molar-refractivity contribution is 0.276. The number of pyridine rings is 1. The predicted molar refractivity (Wildman–Crippen MR) is 85.5 cm³/mol. The van der Waals surface area contributed by atoms with Gasteiger partial charge in [0, 0.05) is 19.3 Å². The van der Waals surface area contributed by atoms with Crippen LogP contribution >= 0.6 is 0 Å². The Bertz CT molecular complexity index is 679. The van der Waals surface area contributed by atoms with Crippen LogP contribution in [0.3, 0.4) is 0 Å². The zero-order valence-corrected chi connectivity index (χ0v) is 13.0. The average Bonchev–Trinajstić information content (AvgIpc) is 2.85. The van der Waals surface area contributed by atoms with Gasteiger partial charge in [-0.1, -0.05) is 38.5 Å². The predicted octanol–water partition coefficient (Wildman–Crippen LogP) is 3.01. The number of aromatic nitrogens is 2. The van der Waals surface area contributed by atoms with Gasteiger partial charge in [0.15, 0.2) is 5.82 Å². The molecule has 0 bridgehead atoms. The molecule has 2 aromatic rings. The summed E-state index contributed by atoms with van der Waals surface area (Å²) in [6, 6.07) is 5.91. The number of hydrogen-bond acceptors (Lipinski definition) is 3. The lowest BCUT2D eigenvalue weighted by Gasteiger charge is -2.32. The van der Waals surface area contributed by atoms with Gasteiger partial charge in [-0.2, -0.15) is 0 Å². The molecule has 0 fully saturated rings. The Morgan fingerprint density at radius 2 is 2.10 bits per heavy atom. The molecule has 0 aromatic carbocycles. The molecule has 1 N–H and O–H groups in total. The minimum atomic E-state index is 0.00680. The van der Waals surface area contributed by atoms with Crippen LogP contribution in [0.1, 0.15) is 32.9 Å². The van der Waals surface area contributed by atoms with E-state index in [0.29, 0.717) is 0 Å². The first-order chi connectivity index (χ1) is 10.0. The SMILES string of the molecule is CC(C)(C)C1=CCN(c2nc3ccccn3c2CO)CC1. The topological polar surface area (TPSA) is 40.8 Å². The Balaban J connectivity index is 1.94. The lowest BCUT2D eigenvalue weighted by Crippen LogP contribution is -2.32. The molecule has 4 nitrogen and oxygen atoms in total. The van der Waals surface area contributed by atoms with Crippen molar-refractivity contribution in [1.29, 1.82) is 0 Å². The van der Waals surface area contributed by atoms with Crippen molar-refractivity contribution in [3.63, 3.8) is 0 Å². The molecular weight excluding hydrogens is 262 g/mol. The monoisotopic (exact) mass is 285 g/mol. The van der Waals surface area contributed by atoms with E-state index in [2.05, 4.69) is 31.7 Å². The Kier molecular flexibility index (Phi) is 3.49. The first kappa shape index (κ1) is 14.1. The molecule has 112 valence electrons. The molecule has 3 heterocycles. The van der Waals surface area contributed by atoms with E-state index in [-0.39, 0.29) is 12.0 Å². The summed E-state index contributed by atoms with van der Waals surface area (Å²) in [6.07, 6.45) is 5.33. The number of aliphatic hydroxyl groups excluding tert-OH is 1. The van der Waals surface area contributed by atoms with Crippen LogP contribution in [0.2, 0.25) is 0 Å². The number of anilines is 1. The Labute approximate surface area is 125 Å². The summed E-state index contributed by atoms with van der Waals surface area (Å²) in [4.78, 5) is 6.95. The summed E-state index contributed by atoms with van der Waals surface area (Å²) in [5.41, 5.74) is 3.51. The standard InChI is InChI=1S/C17H23N3O/c1-17(2,3)13-7-10-19(11-8-13)16-14(12-21)20-9-5-4-6-15(20)18-16/h4-7,9,21H,8,10-12H2,1-3H3. The maximum Gasteiger partial charge on any atom is 0.153 e. The smallest absolute Gasteiger partial charge is 0.153 e. The van der Waals surface area contributed by atoms with Crippen LogP contribution < -0.4 is 4.90 Å². The van der Waals surface area contributed by atoms with Crippen molar-refractivity contribution >= 4 is 11.5 Å². The molecule has 0 unspecified atom stereocenters. The molecule has 1 aliphatic heterocycles. The summed E-state index contributed by atoms with van der Waals surface area (Å²) in [6.45, 7) is 8.62. The largest absolute Gasteiger partial charge is 0.390 e. The van der Waals surface area contributed by atoms with Crippen molar-refractivity contribution < 1.29 is 5.11 Å². The number of hydrogen-bond donors (Lipinski definition) is 1. The van der Waals surface area contributed by atoms with E-state index in [4.69, 9.17) is 4.98 Å². The van der Waals surface area contributed by atoms with Crippen LogP contribution in [-0.4, -0.2) is 27.6 Å². The van der Waals surface area contributed by atoms with Gasteiger partial charge < -0.3 is 10.0 Å². The highest BCUT2D eigenvalue weighted by atomic mass is 16.3. The van der Waals surface area contributed by atoms with Crippen molar-refractivity contribution in [2.24, 2.45) is 5.41 Å². The second-order valence-electron chi connectivity index (χ2n) is 6.64. The van der Waals surface area contributed by atoms with Crippen molar-refractivity contribution in [1.82, 2.24) is 9.38 Å². The maximum atomic E-state index is 9.71. The molecule has 0 saturated heterocycles. The minimum Gasteiger partial charge on any atom is -0.390 e. The highest BCUT2D eigenvalue weighted by Crippen LogP contribution is 2.32. The highest BCUT2D eigenvalue weighted by Gasteiger charge is 2.24. The molecule has 21 heavy (non-hydrogen) atoms. The van der Waals surface area contributed by atoms with E-state index < -0.39 is 0 Å². The van der Waals surface area contributed by atoms with Crippen LogP contribution in [0, 0.1) is 5.41 Å². The fourth-order valence-electron chi connectivity index (χ4n) is 2.98. The van der Waals surface area contributed by atoms with Crippen LogP contribution in [0.5, 0.6) is 0 Å². The Morgan fingerprint density at radius 3 is 2.71 bits per heavy atom. The van der Waals surface area contributed by atoms with Gasteiger partial charge in [-0.15, -0.1) is 0 Å². The number of fused-ring (bicyclic) bond motifs is 1. The summed E-state index contributed by atoms with van der Waals surface area (Å²) in [5, 5.41) is 9.71. The molecule has 0 amide bonds. The molecule has 0 aliphatic carbocycles. The number of aliphatic hydroxyl groups is 1. The summed E-state index contributed by atoms with van der Waals surface area (Å²) >= 11 is 0. The van der Waals surface area contributed by atoms with E-state index in [1.807, 2.05) is 28.8 Å². The molecule has 0 atom stereocenters. The second kappa shape index (κ2) is 5.19. The fourth-order valence-corrected chi connectivity index (χ4v) is 2.98.